The van der Waals surface area contributed by atoms with E-state index >= 15 is 0 Å². The monoisotopic (exact) mass is 357 g/mol. The second kappa shape index (κ2) is 7.48. The molecule has 3 rings (SSSR count). The highest BCUT2D eigenvalue weighted by molar-refractivity contribution is 7.08. The van der Waals surface area contributed by atoms with E-state index in [1.165, 1.54) is 11.3 Å². The van der Waals surface area contributed by atoms with Gasteiger partial charge >= 0.3 is 5.97 Å². The van der Waals surface area contributed by atoms with Gasteiger partial charge in [-0.25, -0.2) is 9.97 Å². The Morgan fingerprint density at radius 1 is 1.24 bits per heavy atom. The zero-order valence-corrected chi connectivity index (χ0v) is 14.9. The molecule has 0 aliphatic carbocycles. The van der Waals surface area contributed by atoms with Gasteiger partial charge in [0, 0.05) is 30.2 Å². The average molecular weight is 357 g/mol. The van der Waals surface area contributed by atoms with Crippen LogP contribution in [0.15, 0.2) is 39.6 Å². The Morgan fingerprint density at radius 3 is 2.60 bits per heavy atom. The first-order valence-electron chi connectivity index (χ1n) is 8.07. The predicted octanol–water partition coefficient (Wildman–Crippen LogP) is 3.94. The predicted molar refractivity (Wildman–Crippen MR) is 97.9 cm³/mol. The number of oxazole rings is 1. The summed E-state index contributed by atoms with van der Waals surface area (Å²) < 4.78 is 5.88. The summed E-state index contributed by atoms with van der Waals surface area (Å²) in [6, 6.07) is 5.71. The van der Waals surface area contributed by atoms with E-state index in [1.807, 2.05) is 29.0 Å². The average Bonchev–Trinajstić information content (AvgIpc) is 3.25. The summed E-state index contributed by atoms with van der Waals surface area (Å²) in [5.74, 6) is 0.845. The van der Waals surface area contributed by atoms with E-state index in [-0.39, 0.29) is 6.42 Å². The molecule has 0 unspecified atom stereocenters. The molecule has 6 nitrogen and oxygen atoms in total. The molecule has 7 heteroatoms. The van der Waals surface area contributed by atoms with Crippen molar-refractivity contribution in [2.75, 3.05) is 18.0 Å². The molecule has 0 aliphatic heterocycles. The van der Waals surface area contributed by atoms with Crippen molar-refractivity contribution in [2.45, 2.75) is 20.3 Å². The SMILES string of the molecule is CCN(CC)c1ccc(-c2nc(CC(=O)O)c(-c3ccsc3)o2)cn1. The van der Waals surface area contributed by atoms with E-state index in [4.69, 9.17) is 9.52 Å². The Kier molecular flexibility index (Phi) is 5.14. The number of pyridine rings is 1. The Labute approximate surface area is 149 Å². The minimum absolute atomic E-state index is 0.181. The highest BCUT2D eigenvalue weighted by Gasteiger charge is 2.19. The summed E-state index contributed by atoms with van der Waals surface area (Å²) >= 11 is 1.52. The number of hydrogen-bond donors (Lipinski definition) is 1. The van der Waals surface area contributed by atoms with E-state index in [2.05, 4.69) is 28.7 Å². The smallest absolute Gasteiger partial charge is 0.309 e. The van der Waals surface area contributed by atoms with Gasteiger partial charge in [0.2, 0.25) is 5.89 Å². The Balaban J connectivity index is 1.96. The van der Waals surface area contributed by atoms with Crippen molar-refractivity contribution in [1.29, 1.82) is 0 Å². The molecule has 0 aliphatic rings. The molecule has 0 radical (unpaired) electrons. The first-order valence-corrected chi connectivity index (χ1v) is 9.02. The van der Waals surface area contributed by atoms with Crippen molar-refractivity contribution in [2.24, 2.45) is 0 Å². The number of thiophene rings is 1. The van der Waals surface area contributed by atoms with E-state index in [1.54, 1.807) is 6.20 Å². The summed E-state index contributed by atoms with van der Waals surface area (Å²) in [5, 5.41) is 13.0. The fourth-order valence-corrected chi connectivity index (χ4v) is 3.24. The van der Waals surface area contributed by atoms with E-state index in [0.717, 1.165) is 30.0 Å². The van der Waals surface area contributed by atoms with Crippen LogP contribution in [-0.2, 0) is 11.2 Å². The number of carboxylic acid groups (broad SMARTS) is 1. The fraction of sp³-hybridized carbons (Fsp3) is 0.278. The highest BCUT2D eigenvalue weighted by Crippen LogP contribution is 2.31. The van der Waals surface area contributed by atoms with Gasteiger partial charge in [-0.1, -0.05) is 0 Å². The van der Waals surface area contributed by atoms with Crippen LogP contribution in [0.5, 0.6) is 0 Å². The van der Waals surface area contributed by atoms with Crippen LogP contribution in [0.1, 0.15) is 19.5 Å². The van der Waals surface area contributed by atoms with Crippen LogP contribution in [0.25, 0.3) is 22.8 Å². The summed E-state index contributed by atoms with van der Waals surface area (Å²) in [7, 11) is 0. The third kappa shape index (κ3) is 3.71. The highest BCUT2D eigenvalue weighted by atomic mass is 32.1. The Bertz CT molecular complexity index is 837. The molecule has 0 bridgehead atoms. The third-order valence-corrected chi connectivity index (χ3v) is 4.56. The van der Waals surface area contributed by atoms with Gasteiger partial charge in [-0.3, -0.25) is 4.79 Å². The first kappa shape index (κ1) is 17.2. The lowest BCUT2D eigenvalue weighted by molar-refractivity contribution is -0.136. The first-order chi connectivity index (χ1) is 12.1. The van der Waals surface area contributed by atoms with Crippen molar-refractivity contribution in [3.63, 3.8) is 0 Å². The van der Waals surface area contributed by atoms with Gasteiger partial charge in [-0.2, -0.15) is 11.3 Å². The Hall–Kier alpha value is -2.67. The molecule has 0 aromatic carbocycles. The largest absolute Gasteiger partial charge is 0.481 e. The van der Waals surface area contributed by atoms with Crippen LogP contribution >= 0.6 is 11.3 Å². The van der Waals surface area contributed by atoms with Crippen molar-refractivity contribution < 1.29 is 14.3 Å². The van der Waals surface area contributed by atoms with Crippen molar-refractivity contribution in [3.05, 3.63) is 40.8 Å². The number of anilines is 1. The molecular formula is C18H19N3O3S. The maximum atomic E-state index is 11.1. The van der Waals surface area contributed by atoms with Crippen LogP contribution in [0.4, 0.5) is 5.82 Å². The van der Waals surface area contributed by atoms with Gasteiger partial charge in [0.25, 0.3) is 0 Å². The van der Waals surface area contributed by atoms with Crippen LogP contribution in [-0.4, -0.2) is 34.1 Å². The zero-order valence-electron chi connectivity index (χ0n) is 14.1. The number of carboxylic acids is 1. The summed E-state index contributed by atoms with van der Waals surface area (Å²) in [6.45, 7) is 5.93. The van der Waals surface area contributed by atoms with Crippen LogP contribution in [0, 0.1) is 0 Å². The van der Waals surface area contributed by atoms with Crippen LogP contribution in [0.2, 0.25) is 0 Å². The van der Waals surface area contributed by atoms with E-state index in [9.17, 15) is 4.79 Å². The summed E-state index contributed by atoms with van der Waals surface area (Å²) in [5.41, 5.74) is 1.99. The molecule has 0 spiro atoms. The summed E-state index contributed by atoms with van der Waals surface area (Å²) in [4.78, 5) is 22.1. The van der Waals surface area contributed by atoms with Crippen molar-refractivity contribution >= 4 is 23.1 Å². The molecule has 0 saturated heterocycles. The lowest BCUT2D eigenvalue weighted by atomic mass is 10.2. The van der Waals surface area contributed by atoms with Gasteiger partial charge in [0.1, 0.15) is 5.82 Å². The van der Waals surface area contributed by atoms with Gasteiger partial charge in [-0.15, -0.1) is 0 Å². The maximum absolute atomic E-state index is 11.1. The molecule has 0 atom stereocenters. The molecule has 0 amide bonds. The number of aliphatic carboxylic acids is 1. The molecule has 130 valence electrons. The maximum Gasteiger partial charge on any atom is 0.309 e. The Morgan fingerprint density at radius 2 is 2.04 bits per heavy atom. The number of nitrogens with zero attached hydrogens (tertiary/aromatic N) is 3. The summed E-state index contributed by atoms with van der Waals surface area (Å²) in [6.07, 6.45) is 1.53. The lowest BCUT2D eigenvalue weighted by Gasteiger charge is -2.19. The number of hydrogen-bond acceptors (Lipinski definition) is 6. The second-order valence-corrected chi connectivity index (χ2v) is 6.23. The second-order valence-electron chi connectivity index (χ2n) is 5.45. The van der Waals surface area contributed by atoms with Gasteiger partial charge in [-0.05, 0) is 37.4 Å². The number of rotatable bonds is 7. The third-order valence-electron chi connectivity index (χ3n) is 3.88. The van der Waals surface area contributed by atoms with Gasteiger partial charge in [0.05, 0.1) is 17.7 Å². The molecular weight excluding hydrogens is 338 g/mol. The number of aromatic nitrogens is 2. The minimum atomic E-state index is -0.939. The van der Waals surface area contributed by atoms with E-state index < -0.39 is 5.97 Å². The van der Waals surface area contributed by atoms with E-state index in [0.29, 0.717) is 17.3 Å². The van der Waals surface area contributed by atoms with Gasteiger partial charge in [0.15, 0.2) is 5.76 Å². The number of carbonyl (C=O) groups is 1. The molecule has 3 aromatic heterocycles. The molecule has 0 saturated carbocycles. The molecule has 25 heavy (non-hydrogen) atoms. The zero-order chi connectivity index (χ0) is 17.8. The quantitative estimate of drug-likeness (QED) is 0.690. The van der Waals surface area contributed by atoms with Crippen molar-refractivity contribution in [3.8, 4) is 22.8 Å². The minimum Gasteiger partial charge on any atom is -0.481 e. The molecule has 3 heterocycles. The van der Waals surface area contributed by atoms with Crippen molar-refractivity contribution in [1.82, 2.24) is 9.97 Å². The fourth-order valence-electron chi connectivity index (χ4n) is 2.60. The normalized spacial score (nSPS) is 10.8. The van der Waals surface area contributed by atoms with Gasteiger partial charge < -0.3 is 14.4 Å². The molecule has 1 N–H and O–H groups in total. The molecule has 3 aromatic rings. The topological polar surface area (TPSA) is 79.5 Å². The standard InChI is InChI=1S/C18H19N3O3S/c1-3-21(4-2)15-6-5-12(10-19-15)18-20-14(9-16(22)23)17(24-18)13-7-8-25-11-13/h5-8,10-11H,3-4,9H2,1-2H3,(H,22,23). The van der Waals surface area contributed by atoms with Crippen LogP contribution in [0.3, 0.4) is 0 Å². The molecule has 0 fully saturated rings. The lowest BCUT2D eigenvalue weighted by Crippen LogP contribution is -2.22. The van der Waals surface area contributed by atoms with Crippen LogP contribution < -0.4 is 4.90 Å².